The lowest BCUT2D eigenvalue weighted by atomic mass is 10.0. The van der Waals surface area contributed by atoms with Gasteiger partial charge in [-0.3, -0.25) is 9.69 Å². The molecule has 0 bridgehead atoms. The molecule has 1 atom stereocenters. The summed E-state index contributed by atoms with van der Waals surface area (Å²) in [6.07, 6.45) is 1.30. The number of hydrogen-bond acceptors (Lipinski definition) is 3. The van der Waals surface area contributed by atoms with Gasteiger partial charge >= 0.3 is 0 Å². The predicted molar refractivity (Wildman–Crippen MR) is 104 cm³/mol. The predicted octanol–water partition coefficient (Wildman–Crippen LogP) is 3.12. The Balaban J connectivity index is 1.59. The van der Waals surface area contributed by atoms with Crippen LogP contribution in [0.4, 0.5) is 0 Å². The van der Waals surface area contributed by atoms with Gasteiger partial charge in [0.1, 0.15) is 0 Å². The number of nitrogens with one attached hydrogen (secondary N) is 1. The van der Waals surface area contributed by atoms with Gasteiger partial charge in [-0.05, 0) is 24.5 Å². The Morgan fingerprint density at radius 1 is 1.12 bits per heavy atom. The summed E-state index contributed by atoms with van der Waals surface area (Å²) in [5, 5.41) is 3.15. The second kappa shape index (κ2) is 9.51. The Bertz CT molecular complexity index is 696. The van der Waals surface area contributed by atoms with Crippen LogP contribution in [0.2, 0.25) is 0 Å². The normalized spacial score (nSPS) is 16.2. The lowest BCUT2D eigenvalue weighted by Crippen LogP contribution is -2.43. The largest absolute Gasteiger partial charge is 0.379 e. The second-order valence-electron chi connectivity index (χ2n) is 6.87. The summed E-state index contributed by atoms with van der Waals surface area (Å²) < 4.78 is 5.49. The van der Waals surface area contributed by atoms with E-state index in [1.807, 2.05) is 18.2 Å². The van der Waals surface area contributed by atoms with E-state index in [0.29, 0.717) is 13.0 Å². The summed E-state index contributed by atoms with van der Waals surface area (Å²) in [5.74, 6) is 0.111. The van der Waals surface area contributed by atoms with Gasteiger partial charge in [-0.2, -0.15) is 0 Å². The molecule has 0 aromatic heterocycles. The zero-order chi connectivity index (χ0) is 18.2. The van der Waals surface area contributed by atoms with Gasteiger partial charge in [0.2, 0.25) is 5.91 Å². The van der Waals surface area contributed by atoms with Crippen LogP contribution in [0.15, 0.2) is 54.6 Å². The first-order valence-electron chi connectivity index (χ1n) is 9.41. The fourth-order valence-electron chi connectivity index (χ4n) is 3.43. The number of ether oxygens (including phenoxy) is 1. The Kier molecular flexibility index (Phi) is 6.81. The van der Waals surface area contributed by atoms with Crippen molar-refractivity contribution in [1.29, 1.82) is 0 Å². The van der Waals surface area contributed by atoms with E-state index in [9.17, 15) is 4.79 Å². The lowest BCUT2D eigenvalue weighted by molar-refractivity contribution is -0.121. The van der Waals surface area contributed by atoms with Crippen molar-refractivity contribution in [3.8, 4) is 0 Å². The van der Waals surface area contributed by atoms with Crippen LogP contribution in [0.3, 0.4) is 0 Å². The third kappa shape index (κ3) is 5.41. The van der Waals surface area contributed by atoms with E-state index in [4.69, 9.17) is 4.74 Å². The number of hydrogen-bond donors (Lipinski definition) is 1. The van der Waals surface area contributed by atoms with Crippen molar-refractivity contribution < 1.29 is 9.53 Å². The molecule has 3 rings (SSSR count). The van der Waals surface area contributed by atoms with Gasteiger partial charge in [0, 0.05) is 26.1 Å². The van der Waals surface area contributed by atoms with Crippen LogP contribution in [0.1, 0.15) is 29.2 Å². The Morgan fingerprint density at radius 3 is 2.62 bits per heavy atom. The van der Waals surface area contributed by atoms with Gasteiger partial charge in [0.15, 0.2) is 0 Å². The highest BCUT2D eigenvalue weighted by molar-refractivity contribution is 5.76. The van der Waals surface area contributed by atoms with Gasteiger partial charge in [0.25, 0.3) is 0 Å². The Hall–Kier alpha value is -2.17. The van der Waals surface area contributed by atoms with Crippen molar-refractivity contribution in [2.75, 3.05) is 32.8 Å². The first kappa shape index (κ1) is 18.6. The van der Waals surface area contributed by atoms with Crippen molar-refractivity contribution in [3.63, 3.8) is 0 Å². The molecule has 1 unspecified atom stereocenters. The van der Waals surface area contributed by atoms with Crippen molar-refractivity contribution in [3.05, 3.63) is 71.3 Å². The maximum absolute atomic E-state index is 12.3. The summed E-state index contributed by atoms with van der Waals surface area (Å²) in [4.78, 5) is 14.8. The standard InChI is InChI=1S/C22H28N2O2/c1-18-6-5-9-20(16-18)21(24-12-14-26-15-13-24)17-23-22(25)11-10-19-7-3-2-4-8-19/h2-9,16,21H,10-15,17H2,1H3,(H,23,25). The lowest BCUT2D eigenvalue weighted by Gasteiger charge is -2.35. The minimum atomic E-state index is 0.111. The van der Waals surface area contributed by atoms with E-state index in [1.54, 1.807) is 0 Å². The van der Waals surface area contributed by atoms with Crippen molar-refractivity contribution in [2.45, 2.75) is 25.8 Å². The monoisotopic (exact) mass is 352 g/mol. The number of benzene rings is 2. The number of carbonyl (C=O) groups excluding carboxylic acids is 1. The molecule has 0 spiro atoms. The molecular weight excluding hydrogens is 324 g/mol. The number of rotatable bonds is 7. The molecule has 2 aromatic carbocycles. The van der Waals surface area contributed by atoms with Crippen LogP contribution in [-0.2, 0) is 16.0 Å². The van der Waals surface area contributed by atoms with E-state index in [0.717, 1.165) is 32.7 Å². The number of aryl methyl sites for hydroxylation is 2. The molecule has 0 radical (unpaired) electrons. The van der Waals surface area contributed by atoms with Gasteiger partial charge in [-0.15, -0.1) is 0 Å². The smallest absolute Gasteiger partial charge is 0.220 e. The average Bonchev–Trinajstić information content (AvgIpc) is 2.68. The molecule has 1 heterocycles. The van der Waals surface area contributed by atoms with Crippen LogP contribution >= 0.6 is 0 Å². The molecule has 4 nitrogen and oxygen atoms in total. The van der Waals surface area contributed by atoms with Crippen molar-refractivity contribution in [1.82, 2.24) is 10.2 Å². The molecule has 1 aliphatic heterocycles. The highest BCUT2D eigenvalue weighted by Gasteiger charge is 2.23. The third-order valence-electron chi connectivity index (χ3n) is 4.89. The Morgan fingerprint density at radius 2 is 1.88 bits per heavy atom. The average molecular weight is 352 g/mol. The van der Waals surface area contributed by atoms with Gasteiger partial charge in [-0.1, -0.05) is 60.2 Å². The quantitative estimate of drug-likeness (QED) is 0.832. The fourth-order valence-corrected chi connectivity index (χ4v) is 3.43. The molecule has 26 heavy (non-hydrogen) atoms. The Labute approximate surface area is 156 Å². The molecule has 138 valence electrons. The molecular formula is C22H28N2O2. The SMILES string of the molecule is Cc1cccc(C(CNC(=O)CCc2ccccc2)N2CCOCC2)c1. The molecule has 0 aliphatic carbocycles. The summed E-state index contributed by atoms with van der Waals surface area (Å²) in [6, 6.07) is 18.9. The van der Waals surface area contributed by atoms with Crippen molar-refractivity contribution in [2.24, 2.45) is 0 Å². The molecule has 1 N–H and O–H groups in total. The van der Waals surface area contributed by atoms with E-state index in [1.165, 1.54) is 16.7 Å². The van der Waals surface area contributed by atoms with Crippen LogP contribution in [0, 0.1) is 6.92 Å². The first-order chi connectivity index (χ1) is 12.7. The summed E-state index contributed by atoms with van der Waals surface area (Å²) >= 11 is 0. The molecule has 1 fully saturated rings. The molecule has 2 aromatic rings. The first-order valence-corrected chi connectivity index (χ1v) is 9.41. The van der Waals surface area contributed by atoms with Crippen LogP contribution in [0.5, 0.6) is 0 Å². The zero-order valence-electron chi connectivity index (χ0n) is 15.5. The van der Waals surface area contributed by atoms with Crippen LogP contribution in [-0.4, -0.2) is 43.7 Å². The van der Waals surface area contributed by atoms with Crippen LogP contribution < -0.4 is 5.32 Å². The number of nitrogens with zero attached hydrogens (tertiary/aromatic N) is 1. The maximum Gasteiger partial charge on any atom is 0.220 e. The molecule has 1 saturated heterocycles. The summed E-state index contributed by atoms with van der Waals surface area (Å²) in [6.45, 7) is 6.06. The minimum Gasteiger partial charge on any atom is -0.379 e. The highest BCUT2D eigenvalue weighted by atomic mass is 16.5. The second-order valence-corrected chi connectivity index (χ2v) is 6.87. The molecule has 0 saturated carbocycles. The molecule has 1 aliphatic rings. The third-order valence-corrected chi connectivity index (χ3v) is 4.89. The summed E-state index contributed by atoms with van der Waals surface area (Å²) in [7, 11) is 0. The van der Waals surface area contributed by atoms with Crippen LogP contribution in [0.25, 0.3) is 0 Å². The van der Waals surface area contributed by atoms with Gasteiger partial charge < -0.3 is 10.1 Å². The van der Waals surface area contributed by atoms with E-state index in [-0.39, 0.29) is 11.9 Å². The topological polar surface area (TPSA) is 41.6 Å². The van der Waals surface area contributed by atoms with E-state index < -0.39 is 0 Å². The molecule has 4 heteroatoms. The van der Waals surface area contributed by atoms with E-state index in [2.05, 4.69) is 53.5 Å². The summed E-state index contributed by atoms with van der Waals surface area (Å²) in [5.41, 5.74) is 3.71. The van der Waals surface area contributed by atoms with Gasteiger partial charge in [0.05, 0.1) is 19.3 Å². The number of carbonyl (C=O) groups is 1. The highest BCUT2D eigenvalue weighted by Crippen LogP contribution is 2.22. The van der Waals surface area contributed by atoms with Gasteiger partial charge in [-0.25, -0.2) is 0 Å². The molecule has 1 amide bonds. The fraction of sp³-hybridized carbons (Fsp3) is 0.409. The number of morpholine rings is 1. The zero-order valence-corrected chi connectivity index (χ0v) is 15.5. The maximum atomic E-state index is 12.3. The minimum absolute atomic E-state index is 0.111. The van der Waals surface area contributed by atoms with Crippen molar-refractivity contribution >= 4 is 5.91 Å². The number of amides is 1. The van der Waals surface area contributed by atoms with E-state index >= 15 is 0 Å².